The molecule has 0 unspecified atom stereocenters. The van der Waals surface area contributed by atoms with Crippen LogP contribution in [-0.4, -0.2) is 46.7 Å². The Hall–Kier alpha value is -1.85. The Bertz CT molecular complexity index is 485. The summed E-state index contributed by atoms with van der Waals surface area (Å²) in [6, 6.07) is 1.19. The molecule has 2 aliphatic rings. The zero-order valence-corrected chi connectivity index (χ0v) is 10.8. The fraction of sp³-hybridized carbons (Fsp3) is 0.615. The zero-order chi connectivity index (χ0) is 13.4. The van der Waals surface area contributed by atoms with Crippen molar-refractivity contribution in [2.24, 2.45) is 11.8 Å². The van der Waals surface area contributed by atoms with Crippen LogP contribution in [0.2, 0.25) is 0 Å². The highest BCUT2D eigenvalue weighted by Gasteiger charge is 2.50. The molecule has 3 atom stereocenters. The van der Waals surface area contributed by atoms with Gasteiger partial charge in [0.05, 0.1) is 7.11 Å². The average Bonchev–Trinajstić information content (AvgIpc) is 3.12. The van der Waals surface area contributed by atoms with Gasteiger partial charge in [0.15, 0.2) is 0 Å². The molecule has 1 aliphatic carbocycles. The molecular formula is C13H17N3O3. The fourth-order valence-corrected chi connectivity index (χ4v) is 3.47. The third-order valence-corrected chi connectivity index (χ3v) is 4.33. The van der Waals surface area contributed by atoms with Crippen molar-refractivity contribution in [1.82, 2.24) is 15.1 Å². The number of rotatable bonds is 2. The minimum atomic E-state index is -0.437. The van der Waals surface area contributed by atoms with E-state index < -0.39 is 6.04 Å². The zero-order valence-electron chi connectivity index (χ0n) is 10.8. The van der Waals surface area contributed by atoms with Gasteiger partial charge in [0, 0.05) is 12.7 Å². The van der Waals surface area contributed by atoms with Gasteiger partial charge in [-0.1, -0.05) is 6.42 Å². The third-order valence-electron chi connectivity index (χ3n) is 4.33. The first-order valence-electron chi connectivity index (χ1n) is 6.60. The number of likely N-dealkylation sites (tertiary alicyclic amines) is 1. The lowest BCUT2D eigenvalue weighted by molar-refractivity contribution is -0.146. The summed E-state index contributed by atoms with van der Waals surface area (Å²) in [5.41, 5.74) is 0.425. The van der Waals surface area contributed by atoms with Crippen molar-refractivity contribution in [1.29, 1.82) is 0 Å². The van der Waals surface area contributed by atoms with E-state index in [2.05, 4.69) is 10.2 Å². The van der Waals surface area contributed by atoms with Gasteiger partial charge in [0.1, 0.15) is 11.7 Å². The van der Waals surface area contributed by atoms with E-state index in [1.165, 1.54) is 13.3 Å². The molecule has 0 spiro atoms. The van der Waals surface area contributed by atoms with Gasteiger partial charge in [-0.3, -0.25) is 9.89 Å². The molecule has 1 saturated heterocycles. The number of hydrogen-bond donors (Lipinski definition) is 1. The van der Waals surface area contributed by atoms with Gasteiger partial charge in [0.2, 0.25) is 0 Å². The molecule has 3 rings (SSSR count). The molecule has 1 amide bonds. The van der Waals surface area contributed by atoms with E-state index in [9.17, 15) is 9.59 Å². The maximum atomic E-state index is 12.4. The van der Waals surface area contributed by atoms with Crippen LogP contribution in [0, 0.1) is 11.8 Å². The summed E-state index contributed by atoms with van der Waals surface area (Å²) in [5, 5.41) is 6.45. The first-order valence-corrected chi connectivity index (χ1v) is 6.60. The molecule has 6 heteroatoms. The monoisotopic (exact) mass is 263 g/mol. The van der Waals surface area contributed by atoms with Gasteiger partial charge in [-0.15, -0.1) is 0 Å². The molecule has 1 saturated carbocycles. The fourth-order valence-electron chi connectivity index (χ4n) is 3.47. The van der Waals surface area contributed by atoms with Gasteiger partial charge < -0.3 is 9.64 Å². The van der Waals surface area contributed by atoms with Crippen LogP contribution in [-0.2, 0) is 9.53 Å². The third kappa shape index (κ3) is 1.91. The molecule has 0 bridgehead atoms. The maximum Gasteiger partial charge on any atom is 0.328 e. The van der Waals surface area contributed by atoms with Crippen molar-refractivity contribution in [3.63, 3.8) is 0 Å². The highest BCUT2D eigenvalue weighted by Crippen LogP contribution is 2.42. The Morgan fingerprint density at radius 3 is 3.00 bits per heavy atom. The summed E-state index contributed by atoms with van der Waals surface area (Å²) >= 11 is 0. The first kappa shape index (κ1) is 12.2. The van der Waals surface area contributed by atoms with Gasteiger partial charge in [-0.2, -0.15) is 5.10 Å². The molecule has 1 aliphatic heterocycles. The number of ether oxygens (including phenoxy) is 1. The summed E-state index contributed by atoms with van der Waals surface area (Å²) in [6.45, 7) is 0.641. The Morgan fingerprint density at radius 2 is 2.32 bits per heavy atom. The number of carbonyl (C=O) groups is 2. The van der Waals surface area contributed by atoms with Crippen LogP contribution in [0.15, 0.2) is 12.3 Å². The number of H-pyrrole nitrogens is 1. The molecular weight excluding hydrogens is 246 g/mol. The van der Waals surface area contributed by atoms with Crippen molar-refractivity contribution < 1.29 is 14.3 Å². The molecule has 0 radical (unpaired) electrons. The van der Waals surface area contributed by atoms with E-state index in [0.29, 0.717) is 18.2 Å². The van der Waals surface area contributed by atoms with E-state index in [1.807, 2.05) is 0 Å². The van der Waals surface area contributed by atoms with Crippen molar-refractivity contribution in [2.75, 3.05) is 13.7 Å². The molecule has 102 valence electrons. The van der Waals surface area contributed by atoms with Crippen molar-refractivity contribution in [3.05, 3.63) is 18.0 Å². The second kappa shape index (κ2) is 4.68. The van der Waals surface area contributed by atoms with Crippen molar-refractivity contribution in [3.8, 4) is 0 Å². The molecule has 1 aromatic rings. The van der Waals surface area contributed by atoms with Crippen LogP contribution in [0.1, 0.15) is 29.8 Å². The number of aromatic amines is 1. The lowest BCUT2D eigenvalue weighted by Gasteiger charge is -2.25. The number of aromatic nitrogens is 2. The lowest BCUT2D eigenvalue weighted by atomic mass is 9.94. The second-order valence-corrected chi connectivity index (χ2v) is 5.25. The molecule has 0 aromatic carbocycles. The van der Waals surface area contributed by atoms with E-state index >= 15 is 0 Å². The number of carbonyl (C=O) groups excluding carboxylic acids is 2. The van der Waals surface area contributed by atoms with E-state index in [1.54, 1.807) is 11.0 Å². The van der Waals surface area contributed by atoms with Crippen LogP contribution >= 0.6 is 0 Å². The van der Waals surface area contributed by atoms with Gasteiger partial charge in [0.25, 0.3) is 5.91 Å². The minimum Gasteiger partial charge on any atom is -0.467 e. The molecule has 6 nitrogen and oxygen atoms in total. The summed E-state index contributed by atoms with van der Waals surface area (Å²) in [6.07, 6.45) is 4.76. The number of amides is 1. The van der Waals surface area contributed by atoms with Crippen molar-refractivity contribution >= 4 is 11.9 Å². The predicted molar refractivity (Wildman–Crippen MR) is 66.3 cm³/mol. The topological polar surface area (TPSA) is 75.3 Å². The number of fused-ring (bicyclic) bond motifs is 1. The van der Waals surface area contributed by atoms with Crippen LogP contribution in [0.25, 0.3) is 0 Å². The Labute approximate surface area is 111 Å². The van der Waals surface area contributed by atoms with Gasteiger partial charge in [-0.05, 0) is 30.7 Å². The molecule has 1 N–H and O–H groups in total. The smallest absolute Gasteiger partial charge is 0.328 e. The SMILES string of the molecule is COC(=O)[C@@H]1[C@@H]2CCC[C@H]2CN1C(=O)c1ccn[nH]1. The maximum absolute atomic E-state index is 12.4. The van der Waals surface area contributed by atoms with E-state index in [-0.39, 0.29) is 17.8 Å². The Balaban J connectivity index is 1.87. The number of nitrogens with zero attached hydrogens (tertiary/aromatic N) is 2. The van der Waals surface area contributed by atoms with Crippen LogP contribution in [0.5, 0.6) is 0 Å². The minimum absolute atomic E-state index is 0.165. The normalized spacial score (nSPS) is 29.3. The molecule has 19 heavy (non-hydrogen) atoms. The van der Waals surface area contributed by atoms with E-state index in [0.717, 1.165) is 19.3 Å². The summed E-state index contributed by atoms with van der Waals surface area (Å²) in [7, 11) is 1.38. The number of esters is 1. The average molecular weight is 263 g/mol. The quantitative estimate of drug-likeness (QED) is 0.802. The van der Waals surface area contributed by atoms with Crippen molar-refractivity contribution in [2.45, 2.75) is 25.3 Å². The van der Waals surface area contributed by atoms with Gasteiger partial charge in [-0.25, -0.2) is 4.79 Å². The first-order chi connectivity index (χ1) is 9.22. The highest BCUT2D eigenvalue weighted by atomic mass is 16.5. The molecule has 2 fully saturated rings. The second-order valence-electron chi connectivity index (χ2n) is 5.25. The van der Waals surface area contributed by atoms with Gasteiger partial charge >= 0.3 is 5.97 Å². The molecule has 2 heterocycles. The Morgan fingerprint density at radius 1 is 1.47 bits per heavy atom. The molecule has 1 aromatic heterocycles. The lowest BCUT2D eigenvalue weighted by Crippen LogP contribution is -2.44. The number of nitrogens with one attached hydrogen (secondary N) is 1. The largest absolute Gasteiger partial charge is 0.467 e. The number of methoxy groups -OCH3 is 1. The standard InChI is InChI=1S/C13H17N3O3/c1-19-13(18)11-9-4-2-3-8(9)7-16(11)12(17)10-5-6-14-15-10/h5-6,8-9,11H,2-4,7H2,1H3,(H,14,15)/t8-,9+,11-/m0/s1. The van der Waals surface area contributed by atoms with E-state index in [4.69, 9.17) is 4.74 Å². The summed E-state index contributed by atoms with van der Waals surface area (Å²) < 4.78 is 4.88. The summed E-state index contributed by atoms with van der Waals surface area (Å²) in [4.78, 5) is 26.1. The number of hydrogen-bond acceptors (Lipinski definition) is 4. The predicted octanol–water partition coefficient (Wildman–Crippen LogP) is 0.823. The summed E-state index contributed by atoms with van der Waals surface area (Å²) in [5.74, 6) is 0.208. The van der Waals surface area contributed by atoms with Crippen LogP contribution < -0.4 is 0 Å². The highest BCUT2D eigenvalue weighted by molar-refractivity contribution is 5.95. The van der Waals surface area contributed by atoms with Crippen LogP contribution in [0.4, 0.5) is 0 Å². The Kier molecular flexibility index (Phi) is 3.00. The van der Waals surface area contributed by atoms with Crippen LogP contribution in [0.3, 0.4) is 0 Å².